The monoisotopic (exact) mass is 404 g/mol. The van der Waals surface area contributed by atoms with E-state index in [4.69, 9.17) is 9.47 Å². The van der Waals surface area contributed by atoms with Gasteiger partial charge in [-0.25, -0.2) is 0 Å². The van der Waals surface area contributed by atoms with E-state index in [0.29, 0.717) is 36.6 Å². The molecule has 1 aliphatic carbocycles. The van der Waals surface area contributed by atoms with Gasteiger partial charge in [-0.15, -0.1) is 0 Å². The van der Waals surface area contributed by atoms with Gasteiger partial charge in [0.25, 0.3) is 5.91 Å². The van der Waals surface area contributed by atoms with Crippen molar-refractivity contribution >= 4 is 22.6 Å². The Balaban J connectivity index is 1.51. The van der Waals surface area contributed by atoms with Gasteiger partial charge in [0.15, 0.2) is 17.3 Å². The summed E-state index contributed by atoms with van der Waals surface area (Å²) in [5.74, 6) is 1.29. The molecular weight excluding hydrogens is 380 g/mol. The number of benzene rings is 2. The van der Waals surface area contributed by atoms with E-state index in [-0.39, 0.29) is 17.7 Å². The fourth-order valence-electron chi connectivity index (χ4n) is 5.03. The quantitative estimate of drug-likeness (QED) is 0.720. The molecule has 1 saturated heterocycles. The summed E-state index contributed by atoms with van der Waals surface area (Å²) in [6.07, 6.45) is 1.38. The number of Topliss-reactive ketones (excluding diaryl/α,β-unsaturated/α-hetero) is 1. The highest BCUT2D eigenvalue weighted by Gasteiger charge is 2.53. The molecule has 0 bridgehead atoms. The van der Waals surface area contributed by atoms with E-state index < -0.39 is 5.41 Å². The highest BCUT2D eigenvalue weighted by atomic mass is 16.5. The van der Waals surface area contributed by atoms with Crippen molar-refractivity contribution < 1.29 is 19.1 Å². The van der Waals surface area contributed by atoms with Crippen molar-refractivity contribution in [1.82, 2.24) is 9.88 Å². The smallest absolute Gasteiger partial charge is 0.270 e. The first-order valence-electron chi connectivity index (χ1n) is 10.1. The average Bonchev–Trinajstić information content (AvgIpc) is 3.33. The summed E-state index contributed by atoms with van der Waals surface area (Å²) in [5, 5.41) is 0.878. The van der Waals surface area contributed by atoms with Crippen molar-refractivity contribution in [2.24, 2.45) is 5.41 Å². The van der Waals surface area contributed by atoms with Gasteiger partial charge in [-0.1, -0.05) is 31.2 Å². The molecule has 2 aromatic carbocycles. The highest BCUT2D eigenvalue weighted by Crippen LogP contribution is 2.45. The molecule has 0 radical (unpaired) electrons. The van der Waals surface area contributed by atoms with Crippen LogP contribution in [0.25, 0.3) is 10.9 Å². The first kappa shape index (κ1) is 18.7. The second kappa shape index (κ2) is 6.62. The summed E-state index contributed by atoms with van der Waals surface area (Å²) >= 11 is 0. The van der Waals surface area contributed by atoms with Gasteiger partial charge in [0.05, 0.1) is 19.6 Å². The van der Waals surface area contributed by atoms with Crippen LogP contribution in [0.1, 0.15) is 39.8 Å². The number of hydrogen-bond donors (Lipinski definition) is 1. The van der Waals surface area contributed by atoms with E-state index in [1.165, 1.54) is 0 Å². The van der Waals surface area contributed by atoms with Crippen molar-refractivity contribution in [3.8, 4) is 11.5 Å². The number of methoxy groups -OCH3 is 2. The SMILES string of the molecule is COc1cc2cc(C(=O)N3CCC4(C)C(=O)c5ccccc5CC34)[nH]c2cc1OC. The number of ether oxygens (including phenoxy) is 2. The standard InChI is InChI=1S/C24H24N2O4/c1-24-8-9-26(21(24)12-14-6-4-5-7-16(14)22(24)27)23(28)18-10-15-11-19(29-2)20(30-3)13-17(15)25-18/h4-7,10-11,13,21,25H,8-9,12H2,1-3H3. The molecule has 0 saturated carbocycles. The number of amides is 1. The van der Waals surface area contributed by atoms with Crippen molar-refractivity contribution in [2.75, 3.05) is 20.8 Å². The molecule has 2 heterocycles. The third-order valence-electron chi connectivity index (χ3n) is 6.79. The number of nitrogens with one attached hydrogen (secondary N) is 1. The molecule has 30 heavy (non-hydrogen) atoms. The topological polar surface area (TPSA) is 71.6 Å². The predicted molar refractivity (Wildman–Crippen MR) is 113 cm³/mol. The van der Waals surface area contributed by atoms with Crippen LogP contribution in [0.15, 0.2) is 42.5 Å². The number of likely N-dealkylation sites (tertiary alicyclic amines) is 1. The van der Waals surface area contributed by atoms with Crippen LogP contribution in [-0.2, 0) is 6.42 Å². The van der Waals surface area contributed by atoms with Gasteiger partial charge in [-0.2, -0.15) is 0 Å². The number of aromatic nitrogens is 1. The van der Waals surface area contributed by atoms with Crippen LogP contribution in [0, 0.1) is 5.41 Å². The number of fused-ring (bicyclic) bond motifs is 3. The fraction of sp³-hybridized carbons (Fsp3) is 0.333. The van der Waals surface area contributed by atoms with Gasteiger partial charge in [0.1, 0.15) is 5.69 Å². The predicted octanol–water partition coefficient (Wildman–Crippen LogP) is 3.84. The zero-order valence-corrected chi connectivity index (χ0v) is 17.3. The molecule has 154 valence electrons. The minimum absolute atomic E-state index is 0.0787. The molecule has 6 heteroatoms. The molecular formula is C24H24N2O4. The van der Waals surface area contributed by atoms with Gasteiger partial charge in [-0.05, 0) is 30.5 Å². The van der Waals surface area contributed by atoms with Crippen LogP contribution >= 0.6 is 0 Å². The van der Waals surface area contributed by atoms with Crippen molar-refractivity contribution in [2.45, 2.75) is 25.8 Å². The van der Waals surface area contributed by atoms with Crippen molar-refractivity contribution in [1.29, 1.82) is 0 Å². The lowest BCUT2D eigenvalue weighted by molar-refractivity contribution is 0.0598. The second-order valence-corrected chi connectivity index (χ2v) is 8.35. The maximum absolute atomic E-state index is 13.5. The summed E-state index contributed by atoms with van der Waals surface area (Å²) in [5.41, 5.74) is 2.60. The Morgan fingerprint density at radius 3 is 2.63 bits per heavy atom. The molecule has 5 rings (SSSR count). The highest BCUT2D eigenvalue weighted by molar-refractivity contribution is 6.05. The molecule has 1 aliphatic heterocycles. The minimum Gasteiger partial charge on any atom is -0.493 e. The van der Waals surface area contributed by atoms with E-state index in [1.807, 2.05) is 54.3 Å². The maximum Gasteiger partial charge on any atom is 0.270 e. The lowest BCUT2D eigenvalue weighted by Crippen LogP contribution is -2.49. The Labute approximate surface area is 174 Å². The molecule has 2 atom stereocenters. The third kappa shape index (κ3) is 2.56. The molecule has 2 unspecified atom stereocenters. The zero-order valence-electron chi connectivity index (χ0n) is 17.3. The number of hydrogen-bond acceptors (Lipinski definition) is 4. The van der Waals surface area contributed by atoms with Crippen LogP contribution in [0.3, 0.4) is 0 Å². The number of aromatic amines is 1. The van der Waals surface area contributed by atoms with Crippen LogP contribution in [0.5, 0.6) is 11.5 Å². The summed E-state index contributed by atoms with van der Waals surface area (Å²) in [4.78, 5) is 31.8. The zero-order chi connectivity index (χ0) is 21.0. The molecule has 3 aromatic rings. The number of nitrogens with zero attached hydrogens (tertiary/aromatic N) is 1. The molecule has 1 amide bonds. The van der Waals surface area contributed by atoms with Crippen LogP contribution in [0.4, 0.5) is 0 Å². The summed E-state index contributed by atoms with van der Waals surface area (Å²) in [6, 6.07) is 13.2. The molecule has 1 aromatic heterocycles. The van der Waals surface area contributed by atoms with E-state index in [2.05, 4.69) is 4.98 Å². The number of carbonyl (C=O) groups is 2. The Morgan fingerprint density at radius 2 is 1.87 bits per heavy atom. The van der Waals surface area contributed by atoms with Crippen LogP contribution < -0.4 is 9.47 Å². The van der Waals surface area contributed by atoms with Gasteiger partial charge in [0, 0.05) is 35.1 Å². The molecule has 6 nitrogen and oxygen atoms in total. The minimum atomic E-state index is -0.539. The summed E-state index contributed by atoms with van der Waals surface area (Å²) in [6.45, 7) is 2.58. The molecule has 1 N–H and O–H groups in total. The first-order valence-corrected chi connectivity index (χ1v) is 10.1. The summed E-state index contributed by atoms with van der Waals surface area (Å²) < 4.78 is 10.7. The number of carbonyl (C=O) groups excluding carboxylic acids is 2. The van der Waals surface area contributed by atoms with Gasteiger partial charge >= 0.3 is 0 Å². The normalized spacial score (nSPS) is 22.7. The Bertz CT molecular complexity index is 1140. The van der Waals surface area contributed by atoms with Crippen LogP contribution in [0.2, 0.25) is 0 Å². The molecule has 2 aliphatic rings. The van der Waals surface area contributed by atoms with Gasteiger partial charge in [0.2, 0.25) is 0 Å². The number of ketones is 1. The lowest BCUT2D eigenvalue weighted by atomic mass is 9.68. The summed E-state index contributed by atoms with van der Waals surface area (Å²) in [7, 11) is 3.17. The van der Waals surface area contributed by atoms with E-state index >= 15 is 0 Å². The van der Waals surface area contributed by atoms with E-state index in [9.17, 15) is 9.59 Å². The van der Waals surface area contributed by atoms with E-state index in [1.54, 1.807) is 14.2 Å². The number of H-pyrrole nitrogens is 1. The van der Waals surface area contributed by atoms with Crippen LogP contribution in [-0.4, -0.2) is 48.4 Å². The Morgan fingerprint density at radius 1 is 1.13 bits per heavy atom. The molecule has 0 spiro atoms. The lowest BCUT2D eigenvalue weighted by Gasteiger charge is -2.38. The third-order valence-corrected chi connectivity index (χ3v) is 6.79. The molecule has 1 fully saturated rings. The van der Waals surface area contributed by atoms with Crippen molar-refractivity contribution in [3.63, 3.8) is 0 Å². The van der Waals surface area contributed by atoms with Gasteiger partial charge in [-0.3, -0.25) is 9.59 Å². The Kier molecular flexibility index (Phi) is 4.13. The van der Waals surface area contributed by atoms with Crippen molar-refractivity contribution in [3.05, 3.63) is 59.3 Å². The number of rotatable bonds is 3. The first-order chi connectivity index (χ1) is 14.5. The second-order valence-electron chi connectivity index (χ2n) is 8.35. The largest absolute Gasteiger partial charge is 0.493 e. The van der Waals surface area contributed by atoms with E-state index in [0.717, 1.165) is 22.0 Å². The van der Waals surface area contributed by atoms with Gasteiger partial charge < -0.3 is 19.4 Å². The average molecular weight is 404 g/mol. The Hall–Kier alpha value is -3.28. The fourth-order valence-corrected chi connectivity index (χ4v) is 5.03. The maximum atomic E-state index is 13.5.